The van der Waals surface area contributed by atoms with Crippen LogP contribution in [0.5, 0.6) is 0 Å². The van der Waals surface area contributed by atoms with E-state index >= 15 is 0 Å². The van der Waals surface area contributed by atoms with Crippen molar-refractivity contribution in [2.45, 2.75) is 0 Å². The molecule has 0 spiro atoms. The van der Waals surface area contributed by atoms with Crippen LogP contribution in [0.2, 0.25) is 0 Å². The molecular weight excluding hydrogens is 273 g/mol. The van der Waals surface area contributed by atoms with Crippen LogP contribution in [0.15, 0.2) is 41.4 Å². The highest BCUT2D eigenvalue weighted by Gasteiger charge is 1.99. The number of rotatable bonds is 4. The minimum absolute atomic E-state index is 0.278. The van der Waals surface area contributed by atoms with E-state index in [1.54, 1.807) is 18.2 Å². The Balaban J connectivity index is 2.71. The quantitative estimate of drug-likeness (QED) is 0.668. The van der Waals surface area contributed by atoms with Crippen LogP contribution in [0.3, 0.4) is 0 Å². The molecule has 0 atom stereocenters. The van der Waals surface area contributed by atoms with Crippen molar-refractivity contribution >= 4 is 27.9 Å². The number of carbonyl (C=O) groups is 1. The zero-order valence-electron chi connectivity index (χ0n) is 8.54. The average molecular weight is 284 g/mol. The van der Waals surface area contributed by atoms with Crippen LogP contribution in [0.4, 0.5) is 4.39 Å². The first-order valence-electron chi connectivity index (χ1n) is 4.65. The number of halogens is 2. The van der Waals surface area contributed by atoms with Crippen molar-refractivity contribution in [1.29, 1.82) is 0 Å². The molecule has 0 bridgehead atoms. The van der Waals surface area contributed by atoms with Crippen molar-refractivity contribution in [3.8, 4) is 0 Å². The fraction of sp³-hybridized carbons (Fsp3) is 0.0833. The second-order valence-corrected chi connectivity index (χ2v) is 3.95. The Kier molecular flexibility index (Phi) is 4.92. The summed E-state index contributed by atoms with van der Waals surface area (Å²) in [4.78, 5) is 11.2. The molecule has 1 amide bonds. The van der Waals surface area contributed by atoms with E-state index in [4.69, 9.17) is 0 Å². The Labute approximate surface area is 102 Å². The third kappa shape index (κ3) is 3.98. The number of nitrogens with one attached hydrogen (secondary N) is 1. The van der Waals surface area contributed by atoms with Crippen molar-refractivity contribution in [2.75, 3.05) is 6.54 Å². The van der Waals surface area contributed by atoms with Gasteiger partial charge in [-0.25, -0.2) is 4.39 Å². The molecule has 0 fully saturated rings. The maximum absolute atomic E-state index is 13.3. The van der Waals surface area contributed by atoms with E-state index in [0.717, 1.165) is 4.47 Å². The molecule has 4 heteroatoms. The normalized spacial score (nSPS) is 10.4. The lowest BCUT2D eigenvalue weighted by Gasteiger charge is -1.98. The molecule has 0 aliphatic heterocycles. The van der Waals surface area contributed by atoms with Gasteiger partial charge in [-0.15, -0.1) is 6.58 Å². The lowest BCUT2D eigenvalue weighted by atomic mass is 10.2. The largest absolute Gasteiger partial charge is 0.349 e. The van der Waals surface area contributed by atoms with E-state index in [1.165, 1.54) is 18.2 Å². The summed E-state index contributed by atoms with van der Waals surface area (Å²) in [5.74, 6) is -0.643. The summed E-state index contributed by atoms with van der Waals surface area (Å²) in [6.45, 7) is 3.86. The van der Waals surface area contributed by atoms with Crippen molar-refractivity contribution < 1.29 is 9.18 Å². The molecule has 16 heavy (non-hydrogen) atoms. The minimum atomic E-state index is -0.365. The summed E-state index contributed by atoms with van der Waals surface area (Å²) < 4.78 is 14.0. The number of hydrogen-bond donors (Lipinski definition) is 1. The third-order valence-electron chi connectivity index (χ3n) is 1.79. The number of hydrogen-bond acceptors (Lipinski definition) is 1. The predicted octanol–water partition coefficient (Wildman–Crippen LogP) is 2.90. The second-order valence-electron chi connectivity index (χ2n) is 3.03. The molecule has 1 aromatic rings. The van der Waals surface area contributed by atoms with Gasteiger partial charge in [-0.3, -0.25) is 4.79 Å². The minimum Gasteiger partial charge on any atom is -0.349 e. The van der Waals surface area contributed by atoms with E-state index in [0.29, 0.717) is 12.1 Å². The van der Waals surface area contributed by atoms with Crippen LogP contribution in [0.1, 0.15) is 5.56 Å². The molecule has 2 nitrogen and oxygen atoms in total. The van der Waals surface area contributed by atoms with E-state index in [9.17, 15) is 9.18 Å². The first kappa shape index (κ1) is 12.6. The maximum atomic E-state index is 13.3. The summed E-state index contributed by atoms with van der Waals surface area (Å²) in [5.41, 5.74) is 0.364. The second kappa shape index (κ2) is 6.23. The highest BCUT2D eigenvalue weighted by atomic mass is 79.9. The van der Waals surface area contributed by atoms with Crippen LogP contribution in [-0.4, -0.2) is 12.5 Å². The van der Waals surface area contributed by atoms with Crippen LogP contribution in [0.25, 0.3) is 6.08 Å². The fourth-order valence-corrected chi connectivity index (χ4v) is 1.42. The summed E-state index contributed by atoms with van der Waals surface area (Å²) in [6.07, 6.45) is 4.29. The van der Waals surface area contributed by atoms with E-state index in [-0.39, 0.29) is 11.7 Å². The molecule has 0 unspecified atom stereocenters. The SMILES string of the molecule is C=CCNC(=O)/C=C/c1cc(Br)ccc1F. The number of carbonyl (C=O) groups excluding carboxylic acids is 1. The molecule has 0 aromatic heterocycles. The zero-order chi connectivity index (χ0) is 12.0. The van der Waals surface area contributed by atoms with Crippen molar-refractivity contribution in [2.24, 2.45) is 0 Å². The monoisotopic (exact) mass is 283 g/mol. The molecule has 1 rings (SSSR count). The Morgan fingerprint density at radius 1 is 1.56 bits per heavy atom. The van der Waals surface area contributed by atoms with Gasteiger partial charge in [-0.2, -0.15) is 0 Å². The van der Waals surface area contributed by atoms with Gasteiger partial charge < -0.3 is 5.32 Å². The Bertz CT molecular complexity index is 429. The zero-order valence-corrected chi connectivity index (χ0v) is 10.1. The van der Waals surface area contributed by atoms with E-state index in [2.05, 4.69) is 27.8 Å². The van der Waals surface area contributed by atoms with Crippen LogP contribution in [-0.2, 0) is 4.79 Å². The topological polar surface area (TPSA) is 29.1 Å². The van der Waals surface area contributed by atoms with E-state index in [1.807, 2.05) is 0 Å². The Morgan fingerprint density at radius 3 is 3.00 bits per heavy atom. The van der Waals surface area contributed by atoms with Gasteiger partial charge in [0.05, 0.1) is 0 Å². The molecule has 0 heterocycles. The van der Waals surface area contributed by atoms with Gasteiger partial charge in [-0.1, -0.05) is 22.0 Å². The summed E-state index contributed by atoms with van der Waals surface area (Å²) in [6, 6.07) is 4.54. The summed E-state index contributed by atoms with van der Waals surface area (Å²) in [5, 5.41) is 2.56. The van der Waals surface area contributed by atoms with Crippen molar-refractivity contribution in [3.05, 3.63) is 52.8 Å². The van der Waals surface area contributed by atoms with Gasteiger partial charge in [0.15, 0.2) is 0 Å². The molecule has 84 valence electrons. The van der Waals surface area contributed by atoms with Gasteiger partial charge in [0, 0.05) is 22.7 Å². The predicted molar refractivity (Wildman–Crippen MR) is 66.3 cm³/mol. The van der Waals surface area contributed by atoms with Gasteiger partial charge >= 0.3 is 0 Å². The fourth-order valence-electron chi connectivity index (χ4n) is 1.04. The number of amides is 1. The van der Waals surface area contributed by atoms with Gasteiger partial charge in [0.1, 0.15) is 5.82 Å². The van der Waals surface area contributed by atoms with Crippen LogP contribution < -0.4 is 5.32 Å². The van der Waals surface area contributed by atoms with Crippen molar-refractivity contribution in [1.82, 2.24) is 5.32 Å². The van der Waals surface area contributed by atoms with Gasteiger partial charge in [-0.05, 0) is 24.3 Å². The smallest absolute Gasteiger partial charge is 0.244 e. The molecule has 0 aliphatic rings. The third-order valence-corrected chi connectivity index (χ3v) is 2.29. The molecule has 1 aromatic carbocycles. The van der Waals surface area contributed by atoms with E-state index < -0.39 is 0 Å². The van der Waals surface area contributed by atoms with Crippen molar-refractivity contribution in [3.63, 3.8) is 0 Å². The average Bonchev–Trinajstić information content (AvgIpc) is 2.27. The molecule has 0 radical (unpaired) electrons. The Morgan fingerprint density at radius 2 is 2.31 bits per heavy atom. The maximum Gasteiger partial charge on any atom is 0.244 e. The van der Waals surface area contributed by atoms with Crippen LogP contribution >= 0.6 is 15.9 Å². The standard InChI is InChI=1S/C12H11BrFNO/c1-2-7-15-12(16)6-3-9-8-10(13)4-5-11(9)14/h2-6,8H,1,7H2,(H,15,16)/b6-3+. The molecule has 0 saturated heterocycles. The Hall–Kier alpha value is -1.42. The molecule has 1 N–H and O–H groups in total. The summed E-state index contributed by atoms with van der Waals surface area (Å²) in [7, 11) is 0. The molecular formula is C12H11BrFNO. The highest BCUT2D eigenvalue weighted by Crippen LogP contribution is 2.16. The highest BCUT2D eigenvalue weighted by molar-refractivity contribution is 9.10. The van der Waals surface area contributed by atoms with Gasteiger partial charge in [0.2, 0.25) is 5.91 Å². The molecule has 0 aliphatic carbocycles. The summed E-state index contributed by atoms with van der Waals surface area (Å²) >= 11 is 3.23. The lowest BCUT2D eigenvalue weighted by molar-refractivity contribution is -0.116. The number of benzene rings is 1. The first-order valence-corrected chi connectivity index (χ1v) is 5.44. The molecule has 0 saturated carbocycles. The van der Waals surface area contributed by atoms with Crippen LogP contribution in [0, 0.1) is 5.82 Å². The lowest BCUT2D eigenvalue weighted by Crippen LogP contribution is -2.20. The van der Waals surface area contributed by atoms with Gasteiger partial charge in [0.25, 0.3) is 0 Å². The first-order chi connectivity index (χ1) is 7.63.